The number of para-hydroxylation sites is 1. The van der Waals surface area contributed by atoms with Crippen molar-refractivity contribution in [2.45, 2.75) is 11.8 Å². The maximum atomic E-state index is 11.2. The van der Waals surface area contributed by atoms with Crippen LogP contribution < -0.4 is 4.74 Å². The third-order valence-corrected chi connectivity index (χ3v) is 2.54. The molecule has 0 saturated heterocycles. The van der Waals surface area contributed by atoms with Gasteiger partial charge in [-0.15, -0.1) is 11.8 Å². The molecule has 0 heterocycles. The number of methoxy groups -OCH3 is 1. The predicted molar refractivity (Wildman–Crippen MR) is 54.8 cm³/mol. The van der Waals surface area contributed by atoms with Crippen LogP contribution in [0.1, 0.15) is 17.3 Å². The molecule has 0 bridgehead atoms. The van der Waals surface area contributed by atoms with Gasteiger partial charge in [0.05, 0.1) is 12.7 Å². The van der Waals surface area contributed by atoms with Crippen molar-refractivity contribution in [1.29, 1.82) is 0 Å². The average molecular weight is 196 g/mol. The Kier molecular flexibility index (Phi) is 3.37. The number of carbonyl (C=O) groups is 1. The number of Topliss-reactive ketones (excluding diaryl/α,β-unsaturated/α-hetero) is 1. The smallest absolute Gasteiger partial charge is 0.163 e. The Morgan fingerprint density at radius 1 is 1.46 bits per heavy atom. The van der Waals surface area contributed by atoms with Crippen molar-refractivity contribution >= 4 is 17.5 Å². The van der Waals surface area contributed by atoms with Crippen molar-refractivity contribution in [1.82, 2.24) is 0 Å². The SMILES string of the molecule is COc1c(SC)cccc1C(C)=O. The van der Waals surface area contributed by atoms with Crippen LogP contribution in [0.15, 0.2) is 23.1 Å². The fourth-order valence-electron chi connectivity index (χ4n) is 1.16. The second-order valence-electron chi connectivity index (χ2n) is 2.60. The summed E-state index contributed by atoms with van der Waals surface area (Å²) in [5.41, 5.74) is 0.648. The highest BCUT2D eigenvalue weighted by Gasteiger charge is 2.10. The molecule has 1 aromatic carbocycles. The van der Waals surface area contributed by atoms with Gasteiger partial charge in [-0.3, -0.25) is 4.79 Å². The lowest BCUT2D eigenvalue weighted by molar-refractivity contribution is 0.101. The first-order chi connectivity index (χ1) is 6.20. The van der Waals surface area contributed by atoms with E-state index in [-0.39, 0.29) is 5.78 Å². The Bertz CT molecular complexity index is 321. The van der Waals surface area contributed by atoms with E-state index in [1.54, 1.807) is 31.9 Å². The number of hydrogen-bond donors (Lipinski definition) is 0. The van der Waals surface area contributed by atoms with Gasteiger partial charge in [0, 0.05) is 4.90 Å². The van der Waals surface area contributed by atoms with Gasteiger partial charge in [-0.1, -0.05) is 6.07 Å². The van der Waals surface area contributed by atoms with Crippen LogP contribution in [0, 0.1) is 0 Å². The fraction of sp³-hybridized carbons (Fsp3) is 0.300. The summed E-state index contributed by atoms with van der Waals surface area (Å²) < 4.78 is 5.19. The van der Waals surface area contributed by atoms with Crippen LogP contribution in [0.3, 0.4) is 0 Å². The highest BCUT2D eigenvalue weighted by molar-refractivity contribution is 7.98. The molecule has 0 spiro atoms. The minimum atomic E-state index is 0.0350. The summed E-state index contributed by atoms with van der Waals surface area (Å²) in [6.45, 7) is 1.54. The summed E-state index contributed by atoms with van der Waals surface area (Å²) in [6, 6.07) is 5.59. The molecule has 0 amide bonds. The topological polar surface area (TPSA) is 26.3 Å². The molecule has 0 aromatic heterocycles. The standard InChI is InChI=1S/C10H12O2S/c1-7(11)8-5-4-6-9(13-3)10(8)12-2/h4-6H,1-3H3. The van der Waals surface area contributed by atoms with Crippen molar-refractivity contribution in [3.8, 4) is 5.75 Å². The number of hydrogen-bond acceptors (Lipinski definition) is 3. The van der Waals surface area contributed by atoms with E-state index in [1.807, 2.05) is 18.4 Å². The lowest BCUT2D eigenvalue weighted by Crippen LogP contribution is -1.98. The fourth-order valence-corrected chi connectivity index (χ4v) is 1.76. The Hall–Kier alpha value is -0.960. The molecule has 1 rings (SSSR count). The quantitative estimate of drug-likeness (QED) is 0.549. The highest BCUT2D eigenvalue weighted by atomic mass is 32.2. The van der Waals surface area contributed by atoms with Crippen molar-refractivity contribution < 1.29 is 9.53 Å². The molecule has 0 atom stereocenters. The molecule has 0 N–H and O–H groups in total. The molecule has 3 heteroatoms. The molecule has 0 aliphatic heterocycles. The summed E-state index contributed by atoms with van der Waals surface area (Å²) in [6.07, 6.45) is 1.96. The summed E-state index contributed by atoms with van der Waals surface area (Å²) in [7, 11) is 1.58. The molecule has 13 heavy (non-hydrogen) atoms. The number of ether oxygens (including phenoxy) is 1. The number of thioether (sulfide) groups is 1. The molecule has 0 fully saturated rings. The molecule has 2 nitrogen and oxygen atoms in total. The maximum absolute atomic E-state index is 11.2. The molecule has 0 saturated carbocycles. The molecular weight excluding hydrogens is 184 g/mol. The first-order valence-corrected chi connectivity index (χ1v) is 5.15. The zero-order valence-electron chi connectivity index (χ0n) is 7.96. The van der Waals surface area contributed by atoms with E-state index in [9.17, 15) is 4.79 Å². The molecular formula is C10H12O2S. The Morgan fingerprint density at radius 2 is 2.15 bits per heavy atom. The van der Waals surface area contributed by atoms with E-state index >= 15 is 0 Å². The van der Waals surface area contributed by atoms with Gasteiger partial charge in [-0.2, -0.15) is 0 Å². The Labute approximate surface area is 82.3 Å². The Balaban J connectivity index is 3.27. The third-order valence-electron chi connectivity index (χ3n) is 1.78. The van der Waals surface area contributed by atoms with Crippen LogP contribution in [0.4, 0.5) is 0 Å². The molecule has 70 valence electrons. The zero-order chi connectivity index (χ0) is 9.84. The van der Waals surface area contributed by atoms with Gasteiger partial charge in [-0.25, -0.2) is 0 Å². The summed E-state index contributed by atoms with van der Waals surface area (Å²) >= 11 is 1.57. The molecule has 1 aromatic rings. The lowest BCUT2D eigenvalue weighted by atomic mass is 10.1. The number of carbonyl (C=O) groups excluding carboxylic acids is 1. The van der Waals surface area contributed by atoms with Crippen LogP contribution in [-0.2, 0) is 0 Å². The van der Waals surface area contributed by atoms with E-state index in [2.05, 4.69) is 0 Å². The lowest BCUT2D eigenvalue weighted by Gasteiger charge is -2.09. The van der Waals surface area contributed by atoms with E-state index in [4.69, 9.17) is 4.74 Å². The Morgan fingerprint density at radius 3 is 2.62 bits per heavy atom. The second kappa shape index (κ2) is 4.33. The first-order valence-electron chi connectivity index (χ1n) is 3.92. The van der Waals surface area contributed by atoms with Crippen LogP contribution >= 0.6 is 11.8 Å². The van der Waals surface area contributed by atoms with Gasteiger partial charge in [-0.05, 0) is 25.3 Å². The van der Waals surface area contributed by atoms with Crippen LogP contribution in [0.5, 0.6) is 5.75 Å². The largest absolute Gasteiger partial charge is 0.495 e. The van der Waals surface area contributed by atoms with Crippen LogP contribution in [0.25, 0.3) is 0 Å². The van der Waals surface area contributed by atoms with Crippen molar-refractivity contribution in [2.24, 2.45) is 0 Å². The highest BCUT2D eigenvalue weighted by Crippen LogP contribution is 2.30. The third kappa shape index (κ3) is 2.04. The van der Waals surface area contributed by atoms with Crippen LogP contribution in [-0.4, -0.2) is 19.1 Å². The number of rotatable bonds is 3. The van der Waals surface area contributed by atoms with Gasteiger partial charge in [0.1, 0.15) is 5.75 Å². The zero-order valence-corrected chi connectivity index (χ0v) is 8.77. The molecule has 0 unspecified atom stereocenters. The van der Waals surface area contributed by atoms with E-state index < -0.39 is 0 Å². The van der Waals surface area contributed by atoms with Crippen LogP contribution in [0.2, 0.25) is 0 Å². The van der Waals surface area contributed by atoms with Gasteiger partial charge < -0.3 is 4.74 Å². The van der Waals surface area contributed by atoms with E-state index in [0.29, 0.717) is 11.3 Å². The summed E-state index contributed by atoms with van der Waals surface area (Å²) in [5, 5.41) is 0. The maximum Gasteiger partial charge on any atom is 0.163 e. The van der Waals surface area contributed by atoms with Gasteiger partial charge in [0.2, 0.25) is 0 Å². The van der Waals surface area contributed by atoms with Crippen molar-refractivity contribution in [3.05, 3.63) is 23.8 Å². The monoisotopic (exact) mass is 196 g/mol. The minimum Gasteiger partial charge on any atom is -0.495 e. The first kappa shape index (κ1) is 10.1. The molecule has 0 aliphatic carbocycles. The van der Waals surface area contributed by atoms with Crippen molar-refractivity contribution in [3.63, 3.8) is 0 Å². The second-order valence-corrected chi connectivity index (χ2v) is 3.45. The van der Waals surface area contributed by atoms with Gasteiger partial charge in [0.25, 0.3) is 0 Å². The molecule has 0 radical (unpaired) electrons. The number of ketones is 1. The summed E-state index contributed by atoms with van der Waals surface area (Å²) in [5.74, 6) is 0.718. The van der Waals surface area contributed by atoms with Crippen molar-refractivity contribution in [2.75, 3.05) is 13.4 Å². The van der Waals surface area contributed by atoms with E-state index in [0.717, 1.165) is 4.90 Å². The van der Waals surface area contributed by atoms with E-state index in [1.165, 1.54) is 0 Å². The average Bonchev–Trinajstić information content (AvgIpc) is 2.16. The summed E-state index contributed by atoms with van der Waals surface area (Å²) in [4.78, 5) is 12.2. The molecule has 0 aliphatic rings. The number of benzene rings is 1. The van der Waals surface area contributed by atoms with Gasteiger partial charge >= 0.3 is 0 Å². The normalized spacial score (nSPS) is 9.77. The minimum absolute atomic E-state index is 0.0350. The van der Waals surface area contributed by atoms with Gasteiger partial charge in [0.15, 0.2) is 5.78 Å². The predicted octanol–water partition coefficient (Wildman–Crippen LogP) is 2.62.